The summed E-state index contributed by atoms with van der Waals surface area (Å²) < 4.78 is 0. The standard InChI is InChI=1S/C18H15P.C8H5.C5H5.NO.Re/c1-4-10-16(11-5-1)19(17-12-6-2-7-13-17)18-14-8-3-9-15-18;1-2-8-6-4-3-5-7-8;1-2-4-5-3-1;1-2;/h1-15H;3-7H;1-5H;;/q;-1;;-1;. The molecule has 1 aliphatic carbocycles. The van der Waals surface area contributed by atoms with Crippen LogP contribution < -0.4 is 15.9 Å². The van der Waals surface area contributed by atoms with E-state index < -0.39 is 7.92 Å². The second kappa shape index (κ2) is 19.4. The summed E-state index contributed by atoms with van der Waals surface area (Å²) in [6.07, 6.45) is 16.7. The van der Waals surface area contributed by atoms with E-state index >= 15 is 0 Å². The summed E-state index contributed by atoms with van der Waals surface area (Å²) in [5.74, 6) is 2.28. The molecule has 0 aromatic heterocycles. The number of nitroso groups, excluding NO2 is 1. The van der Waals surface area contributed by atoms with Crippen molar-refractivity contribution in [3.63, 3.8) is 0 Å². The van der Waals surface area contributed by atoms with Gasteiger partial charge in [-0.3, -0.25) is 5.92 Å². The molecule has 35 heavy (non-hydrogen) atoms. The molecule has 0 saturated heterocycles. The Hall–Kier alpha value is -2.87. The zero-order chi connectivity index (χ0) is 24.3. The van der Waals surface area contributed by atoms with Gasteiger partial charge in [-0.15, -0.1) is 17.7 Å². The van der Waals surface area contributed by atoms with Crippen LogP contribution in [0.2, 0.25) is 0 Å². The molecule has 1 fully saturated rings. The topological polar surface area (TPSA) is 39.4 Å². The van der Waals surface area contributed by atoms with E-state index in [9.17, 15) is 0 Å². The van der Waals surface area contributed by atoms with Gasteiger partial charge >= 0.3 is 0 Å². The van der Waals surface area contributed by atoms with Crippen LogP contribution in [0.15, 0.2) is 121 Å². The SMILES string of the molecule is [C-]#Cc1ccccc1.[CH]1[CH][CH][CH][CH]1.[N-]=O.[Re].c1ccc(P(c2ccccc2)c2ccccc2)cc1. The molecule has 0 heterocycles. The fraction of sp³-hybridized carbons (Fsp3) is 0. The van der Waals surface area contributed by atoms with Gasteiger partial charge in [-0.05, 0) is 55.9 Å². The van der Waals surface area contributed by atoms with Crippen LogP contribution >= 0.6 is 7.92 Å². The molecule has 0 aliphatic heterocycles. The zero-order valence-corrected chi connectivity index (χ0v) is 22.7. The number of hydrogen-bond donors (Lipinski definition) is 0. The molecule has 0 unspecified atom stereocenters. The molecule has 174 valence electrons. The van der Waals surface area contributed by atoms with Crippen molar-refractivity contribution in [1.82, 2.24) is 0 Å². The molecule has 1 saturated carbocycles. The smallest absolute Gasteiger partial charge is 0 e. The Morgan fingerprint density at radius 3 is 0.971 bits per heavy atom. The van der Waals surface area contributed by atoms with Crippen LogP contribution in [0.25, 0.3) is 5.59 Å². The van der Waals surface area contributed by atoms with Gasteiger partial charge in [-0.25, -0.2) is 0 Å². The maximum absolute atomic E-state index is 7.25. The summed E-state index contributed by atoms with van der Waals surface area (Å²) in [6.45, 7) is 0. The summed E-state index contributed by atoms with van der Waals surface area (Å²) >= 11 is 0. The monoisotopic (exact) mass is 645 g/mol. The maximum atomic E-state index is 7.25. The number of rotatable bonds is 3. The Morgan fingerprint density at radius 2 is 0.743 bits per heavy atom. The third kappa shape index (κ3) is 11.4. The van der Waals surface area contributed by atoms with Crippen LogP contribution in [-0.4, -0.2) is 0 Å². The van der Waals surface area contributed by atoms with Crippen LogP contribution in [0.1, 0.15) is 5.56 Å². The van der Waals surface area contributed by atoms with Crippen LogP contribution in [0.3, 0.4) is 0 Å². The second-order valence-electron chi connectivity index (χ2n) is 6.80. The summed E-state index contributed by atoms with van der Waals surface area (Å²) in [7, 11) is -0.446. The molecule has 0 spiro atoms. The molecule has 4 aromatic carbocycles. The average Bonchev–Trinajstić information content (AvgIpc) is 3.53. The molecular formula is C31H25NOPRe-2. The molecule has 6 radical (unpaired) electrons. The van der Waals surface area contributed by atoms with Crippen molar-refractivity contribution in [3.8, 4) is 5.92 Å². The Bertz CT molecular complexity index is 965. The van der Waals surface area contributed by atoms with Crippen molar-refractivity contribution in [2.75, 3.05) is 0 Å². The fourth-order valence-electron chi connectivity index (χ4n) is 3.02. The van der Waals surface area contributed by atoms with Gasteiger partial charge in [0.05, 0.1) is 0 Å². The van der Waals surface area contributed by atoms with Crippen molar-refractivity contribution in [3.05, 3.63) is 176 Å². The predicted molar refractivity (Wildman–Crippen MR) is 146 cm³/mol. The van der Waals surface area contributed by atoms with Crippen molar-refractivity contribution in [2.24, 2.45) is 0 Å². The molecule has 4 heteroatoms. The number of nitrogens with zero attached hydrogens (tertiary/aromatic N) is 1. The Kier molecular flexibility index (Phi) is 16.8. The minimum absolute atomic E-state index is 0. The van der Waals surface area contributed by atoms with Gasteiger partial charge in [0.15, 0.2) is 0 Å². The largest absolute Gasteiger partial charge is 0.577 e. The molecule has 4 aromatic rings. The van der Waals surface area contributed by atoms with Crippen molar-refractivity contribution < 1.29 is 20.4 Å². The Balaban J connectivity index is 0.000000316. The summed E-state index contributed by atoms with van der Waals surface area (Å²) in [6, 6.07) is 41.7. The van der Waals surface area contributed by atoms with Crippen LogP contribution in [0, 0.1) is 49.4 Å². The predicted octanol–water partition coefficient (Wildman–Crippen LogP) is 6.41. The molecular weight excluding hydrogens is 620 g/mol. The molecule has 2 nitrogen and oxygen atoms in total. The van der Waals surface area contributed by atoms with E-state index in [1.807, 2.05) is 62.4 Å². The average molecular weight is 645 g/mol. The van der Waals surface area contributed by atoms with Crippen molar-refractivity contribution in [1.29, 1.82) is 0 Å². The molecule has 0 bridgehead atoms. The van der Waals surface area contributed by atoms with E-state index in [1.165, 1.54) is 15.9 Å². The minimum atomic E-state index is -0.446. The van der Waals surface area contributed by atoms with Gasteiger partial charge in [0.2, 0.25) is 0 Å². The molecule has 0 N–H and O–H groups in total. The number of benzene rings is 4. The maximum Gasteiger partial charge on any atom is 0 e. The molecule has 1 aliphatic rings. The third-order valence-corrected chi connectivity index (χ3v) is 6.96. The number of hydrogen-bond acceptors (Lipinski definition) is 1. The Labute approximate surface area is 225 Å². The minimum Gasteiger partial charge on any atom is -0.577 e. The van der Waals surface area contributed by atoms with E-state index in [-0.39, 0.29) is 20.4 Å². The van der Waals surface area contributed by atoms with E-state index in [2.05, 4.69) is 96.9 Å². The Morgan fingerprint density at radius 1 is 0.486 bits per heavy atom. The van der Waals surface area contributed by atoms with Gasteiger partial charge in [0.1, 0.15) is 0 Å². The quantitative estimate of drug-likeness (QED) is 0.144. The van der Waals surface area contributed by atoms with Crippen LogP contribution in [0.4, 0.5) is 0 Å². The summed E-state index contributed by atoms with van der Waals surface area (Å²) in [4.78, 5) is 7.25. The normalized spacial score (nSPS) is 11.1. The van der Waals surface area contributed by atoms with Gasteiger partial charge in [0, 0.05) is 20.4 Å². The van der Waals surface area contributed by atoms with Crippen molar-refractivity contribution >= 4 is 23.8 Å². The van der Waals surface area contributed by atoms with E-state index in [0.717, 1.165) is 5.56 Å². The molecule has 0 amide bonds. The first-order valence-electron chi connectivity index (χ1n) is 10.7. The van der Waals surface area contributed by atoms with E-state index in [1.54, 1.807) is 0 Å². The first-order chi connectivity index (χ1) is 16.9. The molecule has 0 atom stereocenters. The van der Waals surface area contributed by atoms with Gasteiger partial charge < -0.3 is 16.9 Å². The van der Waals surface area contributed by atoms with Gasteiger partial charge in [-0.1, -0.05) is 109 Å². The van der Waals surface area contributed by atoms with Gasteiger partial charge in [0.25, 0.3) is 0 Å². The molecule has 5 rings (SSSR count). The first kappa shape index (κ1) is 30.2. The van der Waals surface area contributed by atoms with Crippen molar-refractivity contribution in [2.45, 2.75) is 0 Å². The fourth-order valence-corrected chi connectivity index (χ4v) is 5.33. The summed E-state index contributed by atoms with van der Waals surface area (Å²) in [5.41, 5.74) is 6.58. The van der Waals surface area contributed by atoms with E-state index in [0.29, 0.717) is 0 Å². The van der Waals surface area contributed by atoms with Crippen LogP contribution in [-0.2, 0) is 20.4 Å². The third-order valence-electron chi connectivity index (χ3n) is 4.52. The first-order valence-corrected chi connectivity index (χ1v) is 12.0. The van der Waals surface area contributed by atoms with Crippen LogP contribution in [0.5, 0.6) is 0 Å². The second-order valence-corrected chi connectivity index (χ2v) is 9.02. The summed E-state index contributed by atoms with van der Waals surface area (Å²) in [5, 5.41) is 4.19. The van der Waals surface area contributed by atoms with Gasteiger partial charge in [-0.2, -0.15) is 0 Å². The zero-order valence-electron chi connectivity index (χ0n) is 19.1. The van der Waals surface area contributed by atoms with E-state index in [4.69, 9.17) is 16.9 Å².